The van der Waals surface area contributed by atoms with E-state index in [4.69, 9.17) is 0 Å². The van der Waals surface area contributed by atoms with Crippen LogP contribution in [-0.4, -0.2) is 13.6 Å². The van der Waals surface area contributed by atoms with Gasteiger partial charge in [-0.1, -0.05) is 35.8 Å². The van der Waals surface area contributed by atoms with Crippen molar-refractivity contribution < 1.29 is 4.39 Å². The van der Waals surface area contributed by atoms with Gasteiger partial charge in [0.25, 0.3) is 0 Å². The first-order valence-electron chi connectivity index (χ1n) is 5.63. The third-order valence-corrected chi connectivity index (χ3v) is 3.55. The molecule has 0 aliphatic rings. The largest absolute Gasteiger partial charge is 0.319 e. The summed E-state index contributed by atoms with van der Waals surface area (Å²) in [5.74, 6) is 0.911. The first kappa shape index (κ1) is 13.7. The molecule has 1 aromatic carbocycles. The Balaban J connectivity index is 2.65. The van der Waals surface area contributed by atoms with Crippen molar-refractivity contribution in [2.24, 2.45) is 11.8 Å². The van der Waals surface area contributed by atoms with Crippen LogP contribution in [0.25, 0.3) is 0 Å². The van der Waals surface area contributed by atoms with Crippen LogP contribution in [0, 0.1) is 17.7 Å². The Labute approximate surface area is 106 Å². The second-order valence-electron chi connectivity index (χ2n) is 4.45. The van der Waals surface area contributed by atoms with Gasteiger partial charge >= 0.3 is 0 Å². The molecule has 16 heavy (non-hydrogen) atoms. The maximum atomic E-state index is 13.6. The van der Waals surface area contributed by atoms with Gasteiger partial charge in [0.2, 0.25) is 0 Å². The number of hydrogen-bond acceptors (Lipinski definition) is 1. The summed E-state index contributed by atoms with van der Waals surface area (Å²) in [5, 5.41) is 3.16. The van der Waals surface area contributed by atoms with Crippen molar-refractivity contribution in [3.8, 4) is 0 Å². The second-order valence-corrected chi connectivity index (χ2v) is 5.37. The average molecular weight is 288 g/mol. The molecule has 0 heterocycles. The molecule has 1 aromatic rings. The lowest BCUT2D eigenvalue weighted by molar-refractivity contribution is 0.370. The quantitative estimate of drug-likeness (QED) is 0.872. The molecule has 2 atom stereocenters. The molecule has 3 heteroatoms. The van der Waals surface area contributed by atoms with E-state index in [1.54, 1.807) is 0 Å². The zero-order chi connectivity index (χ0) is 12.1. The van der Waals surface area contributed by atoms with Crippen LogP contribution in [-0.2, 0) is 6.42 Å². The van der Waals surface area contributed by atoms with E-state index in [2.05, 4.69) is 35.1 Å². The first-order valence-corrected chi connectivity index (χ1v) is 6.42. The van der Waals surface area contributed by atoms with Crippen molar-refractivity contribution in [2.45, 2.75) is 20.3 Å². The highest BCUT2D eigenvalue weighted by molar-refractivity contribution is 9.10. The van der Waals surface area contributed by atoms with Crippen molar-refractivity contribution in [3.05, 3.63) is 34.1 Å². The summed E-state index contributed by atoms with van der Waals surface area (Å²) in [6, 6.07) is 5.29. The Hall–Kier alpha value is -0.410. The van der Waals surface area contributed by atoms with Crippen LogP contribution in [0.5, 0.6) is 0 Å². The highest BCUT2D eigenvalue weighted by atomic mass is 79.9. The predicted molar refractivity (Wildman–Crippen MR) is 70.1 cm³/mol. The van der Waals surface area contributed by atoms with Crippen molar-refractivity contribution in [1.82, 2.24) is 5.32 Å². The van der Waals surface area contributed by atoms with Gasteiger partial charge < -0.3 is 5.32 Å². The molecule has 0 saturated heterocycles. The van der Waals surface area contributed by atoms with Crippen LogP contribution in [0.2, 0.25) is 0 Å². The topological polar surface area (TPSA) is 12.0 Å². The lowest BCUT2D eigenvalue weighted by atomic mass is 9.89. The number of hydrogen-bond donors (Lipinski definition) is 1. The van der Waals surface area contributed by atoms with E-state index >= 15 is 0 Å². The number of halogens is 2. The summed E-state index contributed by atoms with van der Waals surface area (Å²) >= 11 is 3.27. The maximum Gasteiger partial charge on any atom is 0.127 e. The normalized spacial score (nSPS) is 14.8. The van der Waals surface area contributed by atoms with Crippen molar-refractivity contribution in [2.75, 3.05) is 13.6 Å². The van der Waals surface area contributed by atoms with Gasteiger partial charge in [0.1, 0.15) is 5.82 Å². The molecule has 1 N–H and O–H groups in total. The SMILES string of the molecule is CNCC(C)C(C)Cc1ccc(Br)cc1F. The lowest BCUT2D eigenvalue weighted by Gasteiger charge is -2.19. The third kappa shape index (κ3) is 3.87. The van der Waals surface area contributed by atoms with Crippen molar-refractivity contribution >= 4 is 15.9 Å². The summed E-state index contributed by atoms with van der Waals surface area (Å²) in [6.45, 7) is 5.33. The maximum absolute atomic E-state index is 13.6. The first-order chi connectivity index (χ1) is 7.54. The molecule has 0 spiro atoms. The molecule has 0 aliphatic heterocycles. The van der Waals surface area contributed by atoms with Gasteiger partial charge in [-0.3, -0.25) is 0 Å². The second kappa shape index (κ2) is 6.36. The molecule has 0 amide bonds. The van der Waals surface area contributed by atoms with Crippen LogP contribution in [0.1, 0.15) is 19.4 Å². The number of nitrogens with one attached hydrogen (secondary N) is 1. The fourth-order valence-corrected chi connectivity index (χ4v) is 2.09. The highest BCUT2D eigenvalue weighted by Gasteiger charge is 2.14. The molecule has 90 valence electrons. The highest BCUT2D eigenvalue weighted by Crippen LogP contribution is 2.21. The van der Waals surface area contributed by atoms with Crippen LogP contribution in [0.15, 0.2) is 22.7 Å². The van der Waals surface area contributed by atoms with Gasteiger partial charge in [-0.05, 0) is 49.5 Å². The van der Waals surface area contributed by atoms with E-state index in [9.17, 15) is 4.39 Å². The van der Waals surface area contributed by atoms with Gasteiger partial charge in [0.05, 0.1) is 0 Å². The van der Waals surface area contributed by atoms with Crippen molar-refractivity contribution in [1.29, 1.82) is 0 Å². The summed E-state index contributed by atoms with van der Waals surface area (Å²) < 4.78 is 14.4. The van der Waals surface area contributed by atoms with Gasteiger partial charge in [-0.15, -0.1) is 0 Å². The van der Waals surface area contributed by atoms with E-state index < -0.39 is 0 Å². The van der Waals surface area contributed by atoms with Gasteiger partial charge in [-0.25, -0.2) is 4.39 Å². The Morgan fingerprint density at radius 1 is 1.31 bits per heavy atom. The minimum absolute atomic E-state index is 0.113. The smallest absolute Gasteiger partial charge is 0.127 e. The molecule has 1 nitrogen and oxygen atoms in total. The van der Waals surface area contributed by atoms with E-state index in [0.29, 0.717) is 11.8 Å². The van der Waals surface area contributed by atoms with E-state index in [0.717, 1.165) is 23.0 Å². The monoisotopic (exact) mass is 287 g/mol. The minimum Gasteiger partial charge on any atom is -0.319 e. The molecular weight excluding hydrogens is 269 g/mol. The Bertz CT molecular complexity index is 341. The van der Waals surface area contributed by atoms with Crippen LogP contribution in [0.3, 0.4) is 0 Å². The summed E-state index contributed by atoms with van der Waals surface area (Å²) in [7, 11) is 1.95. The average Bonchev–Trinajstić information content (AvgIpc) is 2.22. The number of benzene rings is 1. The van der Waals surface area contributed by atoms with Crippen LogP contribution < -0.4 is 5.32 Å². The van der Waals surface area contributed by atoms with Crippen molar-refractivity contribution in [3.63, 3.8) is 0 Å². The van der Waals surface area contributed by atoms with Gasteiger partial charge in [0, 0.05) is 4.47 Å². The van der Waals surface area contributed by atoms with E-state index in [1.807, 2.05) is 19.2 Å². The van der Waals surface area contributed by atoms with Crippen LogP contribution >= 0.6 is 15.9 Å². The van der Waals surface area contributed by atoms with Gasteiger partial charge in [-0.2, -0.15) is 0 Å². The summed E-state index contributed by atoms with van der Waals surface area (Å²) in [6.07, 6.45) is 0.794. The Morgan fingerprint density at radius 2 is 2.00 bits per heavy atom. The van der Waals surface area contributed by atoms with E-state index in [1.165, 1.54) is 6.07 Å². The molecular formula is C13H19BrFN. The Kier molecular flexibility index (Phi) is 5.42. The number of rotatable bonds is 5. The molecule has 2 unspecified atom stereocenters. The fraction of sp³-hybridized carbons (Fsp3) is 0.538. The van der Waals surface area contributed by atoms with E-state index in [-0.39, 0.29) is 5.82 Å². The zero-order valence-electron chi connectivity index (χ0n) is 10.1. The molecule has 0 bridgehead atoms. The molecule has 0 saturated carbocycles. The third-order valence-electron chi connectivity index (χ3n) is 3.05. The molecule has 0 radical (unpaired) electrons. The molecule has 0 fully saturated rings. The fourth-order valence-electron chi connectivity index (χ4n) is 1.76. The standard InChI is InChI=1S/C13H19BrFN/c1-9(10(2)8-16-3)6-11-4-5-12(14)7-13(11)15/h4-5,7,9-10,16H,6,8H2,1-3H3. The molecule has 1 rings (SSSR count). The summed E-state index contributed by atoms with van der Waals surface area (Å²) in [4.78, 5) is 0. The summed E-state index contributed by atoms with van der Waals surface area (Å²) in [5.41, 5.74) is 0.804. The van der Waals surface area contributed by atoms with Gasteiger partial charge in [0.15, 0.2) is 0 Å². The lowest BCUT2D eigenvalue weighted by Crippen LogP contribution is -2.23. The molecule has 0 aliphatic carbocycles. The zero-order valence-corrected chi connectivity index (χ0v) is 11.6. The Morgan fingerprint density at radius 3 is 2.56 bits per heavy atom. The minimum atomic E-state index is -0.113. The predicted octanol–water partition coefficient (Wildman–Crippen LogP) is 3.62. The van der Waals surface area contributed by atoms with Crippen LogP contribution in [0.4, 0.5) is 4.39 Å². The molecule has 0 aromatic heterocycles.